The molecule has 0 bridgehead atoms. The van der Waals surface area contributed by atoms with Crippen molar-refractivity contribution in [2.24, 2.45) is 7.05 Å². The fraction of sp³-hybridized carbons (Fsp3) is 0.556. The van der Waals surface area contributed by atoms with E-state index in [9.17, 15) is 4.79 Å². The molecule has 3 heterocycles. The van der Waals surface area contributed by atoms with Crippen molar-refractivity contribution in [1.82, 2.24) is 24.6 Å². The Labute approximate surface area is 153 Å². The molecule has 8 nitrogen and oxygen atoms in total. The molecule has 0 saturated carbocycles. The van der Waals surface area contributed by atoms with Crippen LogP contribution in [0.4, 0.5) is 5.82 Å². The molecule has 2 aromatic heterocycles. The standard InChI is InChI=1S/C18H26N6O2/c1-13-11-16(22(2)3)21-18(20-13)15-12-26-10-9-24(15)17(25)6-5-14-7-8-19-23(14)4/h7-8,11,15H,5-6,9-10,12H2,1-4H3/t15-/m0/s1. The largest absolute Gasteiger partial charge is 0.377 e. The van der Waals surface area contributed by atoms with Gasteiger partial charge in [0.1, 0.15) is 11.9 Å². The predicted octanol–water partition coefficient (Wildman–Crippen LogP) is 1.12. The Balaban J connectivity index is 1.77. The molecule has 0 unspecified atom stereocenters. The number of rotatable bonds is 5. The quantitative estimate of drug-likeness (QED) is 0.797. The van der Waals surface area contributed by atoms with Gasteiger partial charge in [0, 0.05) is 57.8 Å². The number of ether oxygens (including phenoxy) is 1. The number of aromatic nitrogens is 4. The molecule has 0 aliphatic carbocycles. The summed E-state index contributed by atoms with van der Waals surface area (Å²) in [5, 5.41) is 4.15. The van der Waals surface area contributed by atoms with E-state index in [1.807, 2.05) is 50.0 Å². The van der Waals surface area contributed by atoms with E-state index in [1.54, 1.807) is 10.9 Å². The van der Waals surface area contributed by atoms with E-state index in [-0.39, 0.29) is 11.9 Å². The van der Waals surface area contributed by atoms with Crippen LogP contribution in [0.15, 0.2) is 18.3 Å². The number of morpholine rings is 1. The Morgan fingerprint density at radius 1 is 1.38 bits per heavy atom. The van der Waals surface area contributed by atoms with E-state index < -0.39 is 0 Å². The van der Waals surface area contributed by atoms with Gasteiger partial charge in [-0.3, -0.25) is 9.48 Å². The van der Waals surface area contributed by atoms with Crippen molar-refractivity contribution in [3.63, 3.8) is 0 Å². The van der Waals surface area contributed by atoms with Crippen molar-refractivity contribution >= 4 is 11.7 Å². The molecule has 0 N–H and O–H groups in total. The minimum atomic E-state index is -0.249. The first-order chi connectivity index (χ1) is 12.5. The molecule has 3 rings (SSSR count). The van der Waals surface area contributed by atoms with E-state index in [0.717, 1.165) is 17.2 Å². The smallest absolute Gasteiger partial charge is 0.223 e. The zero-order chi connectivity index (χ0) is 18.7. The van der Waals surface area contributed by atoms with E-state index in [2.05, 4.69) is 15.1 Å². The SMILES string of the molecule is Cc1cc(N(C)C)nc([C@@H]2COCCN2C(=O)CCc2ccnn2C)n1. The molecule has 1 aliphatic heterocycles. The molecule has 1 aliphatic rings. The van der Waals surface area contributed by atoms with Crippen LogP contribution in [0.1, 0.15) is 29.7 Å². The Bertz CT molecular complexity index is 773. The van der Waals surface area contributed by atoms with Gasteiger partial charge in [0.05, 0.1) is 13.2 Å². The third-order valence-electron chi connectivity index (χ3n) is 4.58. The molecular formula is C18H26N6O2. The molecule has 2 aromatic rings. The van der Waals surface area contributed by atoms with Crippen LogP contribution < -0.4 is 4.90 Å². The summed E-state index contributed by atoms with van der Waals surface area (Å²) < 4.78 is 7.43. The maximum absolute atomic E-state index is 12.9. The van der Waals surface area contributed by atoms with Crippen molar-refractivity contribution in [1.29, 1.82) is 0 Å². The Hall–Kier alpha value is -2.48. The van der Waals surface area contributed by atoms with Gasteiger partial charge in [0.25, 0.3) is 0 Å². The lowest BCUT2D eigenvalue weighted by Gasteiger charge is -2.35. The maximum atomic E-state index is 12.9. The van der Waals surface area contributed by atoms with Crippen LogP contribution in [0.3, 0.4) is 0 Å². The van der Waals surface area contributed by atoms with Crippen molar-refractivity contribution in [3.05, 3.63) is 35.5 Å². The molecule has 1 amide bonds. The van der Waals surface area contributed by atoms with Crippen LogP contribution in [0, 0.1) is 6.92 Å². The average molecular weight is 358 g/mol. The highest BCUT2D eigenvalue weighted by molar-refractivity contribution is 5.77. The van der Waals surface area contributed by atoms with Gasteiger partial charge in [0.15, 0.2) is 5.82 Å². The summed E-state index contributed by atoms with van der Waals surface area (Å²) in [6.07, 6.45) is 2.85. The molecule has 0 spiro atoms. The van der Waals surface area contributed by atoms with Crippen LogP contribution in [-0.2, 0) is 23.0 Å². The second kappa shape index (κ2) is 7.82. The first-order valence-corrected chi connectivity index (χ1v) is 8.82. The summed E-state index contributed by atoms with van der Waals surface area (Å²) in [6.45, 7) is 3.47. The minimum absolute atomic E-state index is 0.0935. The fourth-order valence-corrected chi connectivity index (χ4v) is 3.09. The number of hydrogen-bond donors (Lipinski definition) is 0. The number of carbonyl (C=O) groups is 1. The number of anilines is 1. The summed E-state index contributed by atoms with van der Waals surface area (Å²) in [6, 6.07) is 3.63. The number of hydrogen-bond acceptors (Lipinski definition) is 6. The topological polar surface area (TPSA) is 76.4 Å². The fourth-order valence-electron chi connectivity index (χ4n) is 3.09. The van der Waals surface area contributed by atoms with Crippen LogP contribution in [0.25, 0.3) is 0 Å². The predicted molar refractivity (Wildman–Crippen MR) is 97.9 cm³/mol. The summed E-state index contributed by atoms with van der Waals surface area (Å²) in [5.41, 5.74) is 1.93. The number of carbonyl (C=O) groups excluding carboxylic acids is 1. The molecule has 1 saturated heterocycles. The lowest BCUT2D eigenvalue weighted by atomic mass is 10.1. The molecule has 0 aromatic carbocycles. The number of aryl methyl sites for hydroxylation is 3. The van der Waals surface area contributed by atoms with Gasteiger partial charge in [-0.25, -0.2) is 9.97 Å². The van der Waals surface area contributed by atoms with Gasteiger partial charge in [-0.2, -0.15) is 5.10 Å². The third-order valence-corrected chi connectivity index (χ3v) is 4.58. The second-order valence-electron chi connectivity index (χ2n) is 6.74. The molecule has 1 fully saturated rings. The van der Waals surface area contributed by atoms with Crippen molar-refractivity contribution < 1.29 is 9.53 Å². The van der Waals surface area contributed by atoms with E-state index >= 15 is 0 Å². The average Bonchev–Trinajstić information content (AvgIpc) is 3.04. The van der Waals surface area contributed by atoms with E-state index in [4.69, 9.17) is 4.74 Å². The van der Waals surface area contributed by atoms with Crippen molar-refractivity contribution in [2.75, 3.05) is 38.8 Å². The highest BCUT2D eigenvalue weighted by atomic mass is 16.5. The van der Waals surface area contributed by atoms with Gasteiger partial charge in [0.2, 0.25) is 5.91 Å². The first kappa shape index (κ1) is 18.3. The molecule has 0 radical (unpaired) electrons. The van der Waals surface area contributed by atoms with Crippen LogP contribution in [0.5, 0.6) is 0 Å². The lowest BCUT2D eigenvalue weighted by molar-refractivity contribution is -0.140. The second-order valence-corrected chi connectivity index (χ2v) is 6.74. The summed E-state index contributed by atoms with van der Waals surface area (Å²) >= 11 is 0. The summed E-state index contributed by atoms with van der Waals surface area (Å²) in [4.78, 5) is 25.9. The number of amides is 1. The van der Waals surface area contributed by atoms with Gasteiger partial charge >= 0.3 is 0 Å². The molecular weight excluding hydrogens is 332 g/mol. The zero-order valence-electron chi connectivity index (χ0n) is 15.8. The summed E-state index contributed by atoms with van der Waals surface area (Å²) in [5.74, 6) is 1.57. The summed E-state index contributed by atoms with van der Waals surface area (Å²) in [7, 11) is 5.78. The van der Waals surface area contributed by atoms with Gasteiger partial charge in [-0.1, -0.05) is 0 Å². The number of nitrogens with zero attached hydrogens (tertiary/aromatic N) is 6. The highest BCUT2D eigenvalue weighted by Gasteiger charge is 2.31. The molecule has 140 valence electrons. The van der Waals surface area contributed by atoms with Gasteiger partial charge < -0.3 is 14.5 Å². The Morgan fingerprint density at radius 2 is 2.19 bits per heavy atom. The monoisotopic (exact) mass is 358 g/mol. The van der Waals surface area contributed by atoms with Gasteiger partial charge in [-0.15, -0.1) is 0 Å². The van der Waals surface area contributed by atoms with Crippen LogP contribution in [0.2, 0.25) is 0 Å². The zero-order valence-corrected chi connectivity index (χ0v) is 15.8. The lowest BCUT2D eigenvalue weighted by Crippen LogP contribution is -2.44. The van der Waals surface area contributed by atoms with Crippen molar-refractivity contribution in [3.8, 4) is 0 Å². The molecule has 26 heavy (non-hydrogen) atoms. The van der Waals surface area contributed by atoms with E-state index in [0.29, 0.717) is 38.4 Å². The minimum Gasteiger partial charge on any atom is -0.377 e. The van der Waals surface area contributed by atoms with Crippen LogP contribution >= 0.6 is 0 Å². The molecule has 8 heteroatoms. The Morgan fingerprint density at radius 3 is 2.88 bits per heavy atom. The van der Waals surface area contributed by atoms with Gasteiger partial charge in [-0.05, 0) is 19.4 Å². The molecule has 1 atom stereocenters. The maximum Gasteiger partial charge on any atom is 0.223 e. The normalized spacial score (nSPS) is 17.4. The van der Waals surface area contributed by atoms with E-state index in [1.165, 1.54) is 0 Å². The van der Waals surface area contributed by atoms with Crippen molar-refractivity contribution in [2.45, 2.75) is 25.8 Å². The highest BCUT2D eigenvalue weighted by Crippen LogP contribution is 2.24. The first-order valence-electron chi connectivity index (χ1n) is 8.82. The van der Waals surface area contributed by atoms with Crippen LogP contribution in [-0.4, -0.2) is 64.4 Å². The Kier molecular flexibility index (Phi) is 5.51. The third kappa shape index (κ3) is 4.01.